The van der Waals surface area contributed by atoms with Gasteiger partial charge >= 0.3 is 22.2 Å². The first kappa shape index (κ1) is 26.2. The van der Waals surface area contributed by atoms with Gasteiger partial charge in [0, 0.05) is 31.8 Å². The fourth-order valence-electron chi connectivity index (χ4n) is 4.00. The SMILES string of the molecule is CCN(C1CCCCC1)S(=O)(=O)Oc1cc(-n2c(=O)cc(C(F)(F)F)n(C)c2=O)c(F)cc1Cl. The fraction of sp³-hybridized carbons (Fsp3) is 0.500. The van der Waals surface area contributed by atoms with Crippen molar-refractivity contribution in [3.63, 3.8) is 0 Å². The largest absolute Gasteiger partial charge is 0.431 e. The minimum atomic E-state index is -5.00. The Balaban J connectivity index is 2.08. The number of aromatic nitrogens is 2. The molecule has 0 saturated heterocycles. The lowest BCUT2D eigenvalue weighted by Crippen LogP contribution is -2.43. The van der Waals surface area contributed by atoms with Crippen molar-refractivity contribution >= 4 is 21.9 Å². The lowest BCUT2D eigenvalue weighted by Gasteiger charge is -2.31. The highest BCUT2D eigenvalue weighted by Crippen LogP contribution is 2.33. The molecule has 1 fully saturated rings. The van der Waals surface area contributed by atoms with E-state index in [-0.39, 0.29) is 27.8 Å². The van der Waals surface area contributed by atoms with Gasteiger partial charge in [0.1, 0.15) is 11.5 Å². The van der Waals surface area contributed by atoms with Gasteiger partial charge < -0.3 is 4.18 Å². The Hall–Kier alpha value is -2.38. The van der Waals surface area contributed by atoms with E-state index in [2.05, 4.69) is 0 Å². The summed E-state index contributed by atoms with van der Waals surface area (Å²) in [6.07, 6.45) is -1.06. The summed E-state index contributed by atoms with van der Waals surface area (Å²) in [5.74, 6) is -1.82. The predicted octanol–water partition coefficient (Wildman–Crippen LogP) is 3.63. The average molecular weight is 528 g/mol. The molecule has 34 heavy (non-hydrogen) atoms. The number of rotatable bonds is 6. The van der Waals surface area contributed by atoms with Gasteiger partial charge in [0.2, 0.25) is 0 Å². The second kappa shape index (κ2) is 9.70. The highest BCUT2D eigenvalue weighted by atomic mass is 35.5. The maximum atomic E-state index is 14.7. The van der Waals surface area contributed by atoms with E-state index < -0.39 is 55.7 Å². The van der Waals surface area contributed by atoms with Crippen LogP contribution in [-0.4, -0.2) is 34.4 Å². The first-order valence-corrected chi connectivity index (χ1v) is 12.1. The lowest BCUT2D eigenvalue weighted by atomic mass is 9.95. The zero-order valence-corrected chi connectivity index (χ0v) is 19.8. The molecular formula is C20H22ClF4N3O5S. The molecule has 0 bridgehead atoms. The lowest BCUT2D eigenvalue weighted by molar-refractivity contribution is -0.144. The summed E-state index contributed by atoms with van der Waals surface area (Å²) in [5.41, 5.74) is -5.30. The minimum absolute atomic E-state index is 0.0948. The topological polar surface area (TPSA) is 90.6 Å². The Morgan fingerprint density at radius 1 is 1.15 bits per heavy atom. The number of alkyl halides is 3. The van der Waals surface area contributed by atoms with Crippen molar-refractivity contribution in [3.8, 4) is 11.4 Å². The maximum Gasteiger partial charge on any atom is 0.431 e. The molecule has 1 saturated carbocycles. The molecule has 0 unspecified atom stereocenters. The first-order chi connectivity index (χ1) is 15.8. The van der Waals surface area contributed by atoms with Crippen molar-refractivity contribution in [3.05, 3.63) is 55.6 Å². The van der Waals surface area contributed by atoms with Gasteiger partial charge in [-0.3, -0.25) is 9.36 Å². The van der Waals surface area contributed by atoms with Gasteiger partial charge in [-0.15, -0.1) is 0 Å². The Morgan fingerprint density at radius 2 is 1.76 bits per heavy atom. The first-order valence-electron chi connectivity index (χ1n) is 10.4. The Kier molecular flexibility index (Phi) is 7.48. The molecule has 0 atom stereocenters. The van der Waals surface area contributed by atoms with Gasteiger partial charge in [0.25, 0.3) is 5.56 Å². The highest BCUT2D eigenvalue weighted by molar-refractivity contribution is 7.84. The van der Waals surface area contributed by atoms with Crippen LogP contribution < -0.4 is 15.4 Å². The van der Waals surface area contributed by atoms with Gasteiger partial charge in [-0.05, 0) is 18.9 Å². The summed E-state index contributed by atoms with van der Waals surface area (Å²) in [7, 11) is -3.64. The molecular weight excluding hydrogens is 506 g/mol. The molecule has 0 amide bonds. The van der Waals surface area contributed by atoms with Crippen LogP contribution in [0.5, 0.6) is 5.75 Å². The molecule has 0 N–H and O–H groups in total. The molecule has 14 heteroatoms. The van der Waals surface area contributed by atoms with Crippen molar-refractivity contribution in [2.45, 2.75) is 51.2 Å². The third-order valence-corrected chi connectivity index (χ3v) is 7.45. The van der Waals surface area contributed by atoms with Gasteiger partial charge in [0.15, 0.2) is 5.75 Å². The van der Waals surface area contributed by atoms with E-state index in [1.54, 1.807) is 6.92 Å². The molecule has 1 heterocycles. The van der Waals surface area contributed by atoms with Gasteiger partial charge in [-0.1, -0.05) is 37.8 Å². The van der Waals surface area contributed by atoms with Crippen molar-refractivity contribution in [1.82, 2.24) is 13.4 Å². The molecule has 2 aromatic rings. The van der Waals surface area contributed by atoms with E-state index in [4.69, 9.17) is 15.8 Å². The molecule has 1 aromatic heterocycles. The van der Waals surface area contributed by atoms with Gasteiger partial charge in [0.05, 0.1) is 10.7 Å². The van der Waals surface area contributed by atoms with E-state index in [1.807, 2.05) is 0 Å². The molecule has 0 aliphatic heterocycles. The number of halogens is 5. The van der Waals surface area contributed by atoms with E-state index >= 15 is 0 Å². The molecule has 3 rings (SSSR count). The van der Waals surface area contributed by atoms with Crippen LogP contribution in [0.4, 0.5) is 17.6 Å². The van der Waals surface area contributed by atoms with Crippen LogP contribution in [-0.2, 0) is 23.5 Å². The second-order valence-electron chi connectivity index (χ2n) is 7.81. The van der Waals surface area contributed by atoms with Crippen LogP contribution in [0.2, 0.25) is 5.02 Å². The van der Waals surface area contributed by atoms with Crippen molar-refractivity contribution < 1.29 is 30.2 Å². The normalized spacial score (nSPS) is 15.6. The summed E-state index contributed by atoms with van der Waals surface area (Å²) in [6, 6.07) is 1.14. The molecule has 8 nitrogen and oxygen atoms in total. The summed E-state index contributed by atoms with van der Waals surface area (Å²) in [5, 5.41) is -0.471. The average Bonchev–Trinajstić information content (AvgIpc) is 2.74. The second-order valence-corrected chi connectivity index (χ2v) is 9.71. The van der Waals surface area contributed by atoms with Crippen LogP contribution >= 0.6 is 11.6 Å². The van der Waals surface area contributed by atoms with E-state index in [0.717, 1.165) is 30.6 Å². The van der Waals surface area contributed by atoms with Crippen molar-refractivity contribution in [2.75, 3.05) is 6.54 Å². The standard InChI is InChI=1S/C20H22ClF4N3O5S/c1-3-27(12-7-5-4-6-8-12)34(31,32)33-16-10-15(14(22)9-13(16)21)28-18(29)11-17(20(23,24)25)26(2)19(28)30/h9-12H,3-8H2,1-2H3. The summed E-state index contributed by atoms with van der Waals surface area (Å²) >= 11 is 5.96. The van der Waals surface area contributed by atoms with E-state index in [9.17, 15) is 35.6 Å². The number of hydrogen-bond donors (Lipinski definition) is 0. The smallest absolute Gasteiger partial charge is 0.369 e. The fourth-order valence-corrected chi connectivity index (χ4v) is 5.59. The third kappa shape index (κ3) is 5.15. The Bertz CT molecular complexity index is 1300. The van der Waals surface area contributed by atoms with E-state index in [0.29, 0.717) is 25.0 Å². The molecule has 188 valence electrons. The van der Waals surface area contributed by atoms with Crippen molar-refractivity contribution in [2.24, 2.45) is 7.05 Å². The molecule has 1 aliphatic carbocycles. The summed E-state index contributed by atoms with van der Waals surface area (Å²) in [4.78, 5) is 24.8. The molecule has 1 aromatic carbocycles. The highest BCUT2D eigenvalue weighted by Gasteiger charge is 2.36. The monoisotopic (exact) mass is 527 g/mol. The number of nitrogens with zero attached hydrogens (tertiary/aromatic N) is 3. The van der Waals surface area contributed by atoms with Gasteiger partial charge in [-0.25, -0.2) is 13.8 Å². The predicted molar refractivity (Wildman–Crippen MR) is 116 cm³/mol. The number of hydrogen-bond acceptors (Lipinski definition) is 5. The summed E-state index contributed by atoms with van der Waals surface area (Å²) in [6.45, 7) is 1.72. The molecule has 1 aliphatic rings. The third-order valence-electron chi connectivity index (χ3n) is 5.63. The van der Waals surface area contributed by atoms with Crippen LogP contribution in [0, 0.1) is 5.82 Å². The Morgan fingerprint density at radius 3 is 2.32 bits per heavy atom. The van der Waals surface area contributed by atoms with E-state index in [1.165, 1.54) is 0 Å². The van der Waals surface area contributed by atoms with Crippen molar-refractivity contribution in [1.29, 1.82) is 0 Å². The quantitative estimate of drug-likeness (QED) is 0.535. The minimum Gasteiger partial charge on any atom is -0.369 e. The Labute approximate surface area is 197 Å². The summed E-state index contributed by atoms with van der Waals surface area (Å²) < 4.78 is 86.4. The van der Waals surface area contributed by atoms with Crippen LogP contribution in [0.15, 0.2) is 27.8 Å². The number of benzene rings is 1. The van der Waals surface area contributed by atoms with Crippen LogP contribution in [0.1, 0.15) is 44.7 Å². The maximum absolute atomic E-state index is 14.7. The molecule has 0 spiro atoms. The zero-order valence-electron chi connectivity index (χ0n) is 18.2. The van der Waals surface area contributed by atoms with Gasteiger partial charge in [-0.2, -0.15) is 25.9 Å². The van der Waals surface area contributed by atoms with Crippen LogP contribution in [0.3, 0.4) is 0 Å². The zero-order chi connectivity index (χ0) is 25.4. The van der Waals surface area contributed by atoms with Crippen LogP contribution in [0.25, 0.3) is 5.69 Å². The molecule has 0 radical (unpaired) electrons.